The Morgan fingerprint density at radius 2 is 2.14 bits per heavy atom. The lowest BCUT2D eigenvalue weighted by atomic mass is 9.83. The molecular weight excluding hydrogens is 358 g/mol. The zero-order valence-electron chi connectivity index (χ0n) is 17.4. The fourth-order valence-electron chi connectivity index (χ4n) is 4.69. The maximum atomic E-state index is 13.0. The summed E-state index contributed by atoms with van der Waals surface area (Å²) in [7, 11) is 3.27. The number of piperidine rings is 2. The molecule has 0 saturated carbocycles. The Morgan fingerprint density at radius 1 is 1.29 bits per heavy atom. The predicted octanol–water partition coefficient (Wildman–Crippen LogP) is 2.75. The molecule has 3 heterocycles. The largest absolute Gasteiger partial charge is 0.479 e. The Kier molecular flexibility index (Phi) is 8.15. The van der Waals surface area contributed by atoms with E-state index in [1.165, 1.54) is 45.2 Å². The second-order valence-corrected chi connectivity index (χ2v) is 8.02. The number of carbonyl (C=O) groups excluding carboxylic acids is 1. The molecule has 28 heavy (non-hydrogen) atoms. The van der Waals surface area contributed by atoms with Gasteiger partial charge in [0.25, 0.3) is 5.88 Å². The second-order valence-electron chi connectivity index (χ2n) is 8.02. The number of aromatic nitrogens is 1. The highest BCUT2D eigenvalue weighted by atomic mass is 16.5. The van der Waals surface area contributed by atoms with Crippen LogP contribution >= 0.6 is 0 Å². The van der Waals surface area contributed by atoms with Gasteiger partial charge in [0.2, 0.25) is 5.91 Å². The third-order valence-electron chi connectivity index (χ3n) is 6.14. The molecule has 0 spiro atoms. The van der Waals surface area contributed by atoms with Gasteiger partial charge in [-0.25, -0.2) is 0 Å². The Bertz CT molecular complexity index is 604. The van der Waals surface area contributed by atoms with Crippen LogP contribution in [-0.2, 0) is 16.0 Å². The maximum absolute atomic E-state index is 13.0. The third-order valence-corrected chi connectivity index (χ3v) is 6.14. The Labute approximate surface area is 168 Å². The number of methoxy groups -OCH3 is 2. The van der Waals surface area contributed by atoms with Crippen LogP contribution in [0.4, 0.5) is 0 Å². The first-order chi connectivity index (χ1) is 13.7. The molecule has 0 N–H and O–H groups in total. The van der Waals surface area contributed by atoms with Crippen LogP contribution in [-0.4, -0.2) is 73.9 Å². The van der Waals surface area contributed by atoms with Gasteiger partial charge < -0.3 is 23.8 Å². The van der Waals surface area contributed by atoms with E-state index in [0.717, 1.165) is 19.5 Å². The monoisotopic (exact) mass is 393 g/mol. The van der Waals surface area contributed by atoms with Crippen molar-refractivity contribution in [1.82, 2.24) is 15.0 Å². The first-order valence-electron chi connectivity index (χ1n) is 10.7. The number of nitrogens with zero attached hydrogens (tertiary/aromatic N) is 3. The zero-order valence-corrected chi connectivity index (χ0v) is 17.4. The van der Waals surface area contributed by atoms with Crippen LogP contribution in [0, 0.1) is 5.92 Å². The van der Waals surface area contributed by atoms with Crippen molar-refractivity contribution in [2.75, 3.05) is 47.0 Å². The second kappa shape index (κ2) is 10.8. The van der Waals surface area contributed by atoms with E-state index < -0.39 is 0 Å². The van der Waals surface area contributed by atoms with Crippen molar-refractivity contribution >= 4 is 5.91 Å². The summed E-state index contributed by atoms with van der Waals surface area (Å²) >= 11 is 0. The normalized spacial score (nSPS) is 22.6. The average Bonchev–Trinajstić information content (AvgIpc) is 3.20. The minimum atomic E-state index is 0.194. The highest BCUT2D eigenvalue weighted by molar-refractivity contribution is 5.76. The van der Waals surface area contributed by atoms with Crippen molar-refractivity contribution in [3.05, 3.63) is 11.8 Å². The van der Waals surface area contributed by atoms with Crippen molar-refractivity contribution < 1.29 is 18.8 Å². The van der Waals surface area contributed by atoms with Gasteiger partial charge in [0.05, 0.1) is 7.11 Å². The number of hydrogen-bond donors (Lipinski definition) is 0. The molecule has 1 amide bonds. The van der Waals surface area contributed by atoms with Crippen LogP contribution < -0.4 is 4.74 Å². The van der Waals surface area contributed by atoms with Crippen LogP contribution in [0.15, 0.2) is 10.6 Å². The summed E-state index contributed by atoms with van der Waals surface area (Å²) in [6, 6.07) is 2.41. The van der Waals surface area contributed by atoms with Gasteiger partial charge in [0, 0.05) is 51.8 Å². The molecule has 3 rings (SSSR count). The molecule has 1 aromatic rings. The minimum absolute atomic E-state index is 0.194. The standard InChI is InChI=1S/C21H35N3O4/c1-26-14-6-13-24(21(25)10-9-18-15-20(27-2)22-28-18)16-17-7-5-12-23-11-4-3-8-19(17)23/h15,17,19H,3-14,16H2,1-2H3/t17-,19+/m1/s1. The summed E-state index contributed by atoms with van der Waals surface area (Å²) in [5.41, 5.74) is 0. The summed E-state index contributed by atoms with van der Waals surface area (Å²) < 4.78 is 15.5. The van der Waals surface area contributed by atoms with Gasteiger partial charge in [-0.2, -0.15) is 0 Å². The van der Waals surface area contributed by atoms with Gasteiger partial charge in [-0.1, -0.05) is 6.42 Å². The highest BCUT2D eigenvalue weighted by Gasteiger charge is 2.34. The van der Waals surface area contributed by atoms with E-state index >= 15 is 0 Å². The van der Waals surface area contributed by atoms with Crippen LogP contribution in [0.1, 0.15) is 50.7 Å². The molecule has 158 valence electrons. The molecule has 7 heteroatoms. The number of aryl methyl sites for hydroxylation is 1. The summed E-state index contributed by atoms with van der Waals surface area (Å²) in [6.45, 7) is 4.76. The topological polar surface area (TPSA) is 68.0 Å². The molecule has 0 aromatic carbocycles. The fraction of sp³-hybridized carbons (Fsp3) is 0.810. The lowest BCUT2D eigenvalue weighted by Crippen LogP contribution is -2.51. The summed E-state index contributed by atoms with van der Waals surface area (Å²) in [4.78, 5) is 17.7. The van der Waals surface area contributed by atoms with Crippen molar-refractivity contribution in [2.45, 2.75) is 57.4 Å². The number of fused-ring (bicyclic) bond motifs is 1. The van der Waals surface area contributed by atoms with Gasteiger partial charge in [-0.3, -0.25) is 4.79 Å². The third kappa shape index (κ3) is 5.70. The van der Waals surface area contributed by atoms with Crippen molar-refractivity contribution in [2.24, 2.45) is 5.92 Å². The molecule has 2 atom stereocenters. The van der Waals surface area contributed by atoms with Gasteiger partial charge in [-0.15, -0.1) is 0 Å². The first-order valence-corrected chi connectivity index (χ1v) is 10.7. The molecular formula is C21H35N3O4. The Morgan fingerprint density at radius 3 is 2.93 bits per heavy atom. The van der Waals surface area contributed by atoms with Crippen LogP contribution in [0.5, 0.6) is 5.88 Å². The maximum Gasteiger partial charge on any atom is 0.254 e. The van der Waals surface area contributed by atoms with Gasteiger partial charge in [-0.05, 0) is 56.3 Å². The van der Waals surface area contributed by atoms with E-state index in [1.807, 2.05) is 0 Å². The van der Waals surface area contributed by atoms with E-state index in [2.05, 4.69) is 15.0 Å². The molecule has 7 nitrogen and oxygen atoms in total. The molecule has 2 fully saturated rings. The summed E-state index contributed by atoms with van der Waals surface area (Å²) in [5, 5.41) is 3.81. The van der Waals surface area contributed by atoms with Crippen LogP contribution in [0.25, 0.3) is 0 Å². The van der Waals surface area contributed by atoms with E-state index in [4.69, 9.17) is 14.0 Å². The number of carbonyl (C=O) groups is 1. The van der Waals surface area contributed by atoms with Crippen molar-refractivity contribution in [3.8, 4) is 5.88 Å². The van der Waals surface area contributed by atoms with Crippen LogP contribution in [0.3, 0.4) is 0 Å². The molecule has 2 aliphatic rings. The minimum Gasteiger partial charge on any atom is -0.479 e. The lowest BCUT2D eigenvalue weighted by molar-refractivity contribution is -0.132. The first kappa shape index (κ1) is 21.1. The Balaban J connectivity index is 1.57. The van der Waals surface area contributed by atoms with Crippen molar-refractivity contribution in [1.29, 1.82) is 0 Å². The fourth-order valence-corrected chi connectivity index (χ4v) is 4.69. The van der Waals surface area contributed by atoms with Gasteiger partial charge in [0.15, 0.2) is 0 Å². The quantitative estimate of drug-likeness (QED) is 0.570. The summed E-state index contributed by atoms with van der Waals surface area (Å²) in [6.07, 6.45) is 8.27. The molecule has 0 bridgehead atoms. The lowest BCUT2D eigenvalue weighted by Gasteiger charge is -2.45. The van der Waals surface area contributed by atoms with E-state index in [0.29, 0.717) is 43.0 Å². The average molecular weight is 394 g/mol. The molecule has 2 saturated heterocycles. The smallest absolute Gasteiger partial charge is 0.254 e. The van der Waals surface area contributed by atoms with Crippen molar-refractivity contribution in [3.63, 3.8) is 0 Å². The number of rotatable bonds is 10. The SMILES string of the molecule is COCCCN(C[C@H]1CCCN2CCCC[C@@H]12)C(=O)CCc1cc(OC)no1. The predicted molar refractivity (Wildman–Crippen MR) is 106 cm³/mol. The highest BCUT2D eigenvalue weighted by Crippen LogP contribution is 2.31. The number of ether oxygens (including phenoxy) is 2. The molecule has 0 aliphatic carbocycles. The molecule has 0 unspecified atom stereocenters. The Hall–Kier alpha value is -1.60. The number of amides is 1. The van der Waals surface area contributed by atoms with Gasteiger partial charge in [0.1, 0.15) is 5.76 Å². The van der Waals surface area contributed by atoms with Crippen LogP contribution in [0.2, 0.25) is 0 Å². The molecule has 1 aromatic heterocycles. The number of hydrogen-bond acceptors (Lipinski definition) is 6. The summed E-state index contributed by atoms with van der Waals surface area (Å²) in [5.74, 6) is 1.93. The molecule has 2 aliphatic heterocycles. The van der Waals surface area contributed by atoms with E-state index in [-0.39, 0.29) is 5.91 Å². The van der Waals surface area contributed by atoms with E-state index in [9.17, 15) is 4.79 Å². The van der Waals surface area contributed by atoms with E-state index in [1.54, 1.807) is 20.3 Å². The van der Waals surface area contributed by atoms with Gasteiger partial charge >= 0.3 is 0 Å². The molecule has 0 radical (unpaired) electrons. The zero-order chi connectivity index (χ0) is 19.8.